The number of rotatable bonds is 7. The summed E-state index contributed by atoms with van der Waals surface area (Å²) in [4.78, 5) is 14.9. The second-order valence-corrected chi connectivity index (χ2v) is 6.50. The molecule has 0 bridgehead atoms. The fraction of sp³-hybridized carbons (Fsp3) is 0.588. The molecule has 0 aromatic heterocycles. The first kappa shape index (κ1) is 16.0. The molecule has 1 atom stereocenters. The molecule has 21 heavy (non-hydrogen) atoms. The molecular formula is C17H26N2O2. The topological polar surface area (TPSA) is 52.6 Å². The van der Waals surface area contributed by atoms with Gasteiger partial charge in [-0.1, -0.05) is 44.2 Å². The number of hydrogen-bond acceptors (Lipinski definition) is 3. The highest BCUT2D eigenvalue weighted by molar-refractivity contribution is 5.84. The van der Waals surface area contributed by atoms with Crippen LogP contribution in [0.3, 0.4) is 0 Å². The van der Waals surface area contributed by atoms with Crippen molar-refractivity contribution in [3.63, 3.8) is 0 Å². The molecule has 4 nitrogen and oxygen atoms in total. The number of nitrogens with one attached hydrogen (secondary N) is 1. The Hall–Kier alpha value is -1.39. The van der Waals surface area contributed by atoms with E-state index >= 15 is 0 Å². The Morgan fingerprint density at radius 3 is 2.67 bits per heavy atom. The lowest BCUT2D eigenvalue weighted by atomic mass is 9.76. The minimum Gasteiger partial charge on any atom is -0.338 e. The number of amides is 1. The van der Waals surface area contributed by atoms with Gasteiger partial charge in [-0.15, -0.1) is 0 Å². The van der Waals surface area contributed by atoms with Gasteiger partial charge in [-0.3, -0.25) is 4.79 Å². The predicted molar refractivity (Wildman–Crippen MR) is 82.8 cm³/mol. The average molecular weight is 290 g/mol. The second kappa shape index (κ2) is 7.05. The third-order valence-electron chi connectivity index (χ3n) is 4.33. The second-order valence-electron chi connectivity index (χ2n) is 6.50. The maximum absolute atomic E-state index is 12.9. The minimum atomic E-state index is -0.307. The lowest BCUT2D eigenvalue weighted by Gasteiger charge is -2.29. The fourth-order valence-corrected chi connectivity index (χ4v) is 3.45. The van der Waals surface area contributed by atoms with Crippen molar-refractivity contribution >= 4 is 5.91 Å². The Labute approximate surface area is 127 Å². The third-order valence-corrected chi connectivity index (χ3v) is 4.33. The molecule has 1 unspecified atom stereocenters. The van der Waals surface area contributed by atoms with Gasteiger partial charge in [0.15, 0.2) is 0 Å². The Morgan fingerprint density at radius 1 is 1.33 bits per heavy atom. The summed E-state index contributed by atoms with van der Waals surface area (Å²) in [5.74, 6) is 0.722. The summed E-state index contributed by atoms with van der Waals surface area (Å²) >= 11 is 0. The van der Waals surface area contributed by atoms with E-state index < -0.39 is 0 Å². The van der Waals surface area contributed by atoms with Gasteiger partial charge in [-0.25, -0.2) is 5.48 Å². The van der Waals surface area contributed by atoms with Crippen LogP contribution < -0.4 is 5.48 Å². The molecule has 2 N–H and O–H groups in total. The molecule has 1 aliphatic heterocycles. The number of nitrogens with zero attached hydrogens (tertiary/aromatic N) is 1. The van der Waals surface area contributed by atoms with Crippen molar-refractivity contribution in [2.75, 3.05) is 13.1 Å². The van der Waals surface area contributed by atoms with Crippen LogP contribution in [0.5, 0.6) is 0 Å². The molecule has 1 amide bonds. The van der Waals surface area contributed by atoms with Crippen molar-refractivity contribution in [3.05, 3.63) is 35.9 Å². The van der Waals surface area contributed by atoms with Crippen LogP contribution in [0, 0.1) is 11.3 Å². The Balaban J connectivity index is 2.09. The van der Waals surface area contributed by atoms with Crippen molar-refractivity contribution in [1.29, 1.82) is 0 Å². The highest BCUT2D eigenvalue weighted by Gasteiger charge is 2.45. The third kappa shape index (κ3) is 3.83. The van der Waals surface area contributed by atoms with Crippen molar-refractivity contribution in [3.8, 4) is 0 Å². The number of carbonyl (C=O) groups is 1. The SMILES string of the molecule is CC(C)CC1(CCNO)CCN(Cc2ccccc2)C1=O. The van der Waals surface area contributed by atoms with Crippen molar-refractivity contribution in [1.82, 2.24) is 10.4 Å². The van der Waals surface area contributed by atoms with E-state index in [9.17, 15) is 4.79 Å². The lowest BCUT2D eigenvalue weighted by molar-refractivity contribution is -0.137. The van der Waals surface area contributed by atoms with Crippen LogP contribution in [0.4, 0.5) is 0 Å². The van der Waals surface area contributed by atoms with E-state index in [0.717, 1.165) is 19.4 Å². The van der Waals surface area contributed by atoms with Crippen LogP contribution in [0.25, 0.3) is 0 Å². The van der Waals surface area contributed by atoms with Crippen LogP contribution in [0.15, 0.2) is 30.3 Å². The molecule has 0 radical (unpaired) electrons. The van der Waals surface area contributed by atoms with Gasteiger partial charge in [0.25, 0.3) is 0 Å². The summed E-state index contributed by atoms with van der Waals surface area (Å²) in [6, 6.07) is 10.1. The molecule has 2 rings (SSSR count). The van der Waals surface area contributed by atoms with Crippen LogP contribution in [0.1, 0.15) is 38.7 Å². The Kier molecular flexibility index (Phi) is 5.37. The quantitative estimate of drug-likeness (QED) is 0.759. The first-order valence-electron chi connectivity index (χ1n) is 7.78. The molecule has 0 spiro atoms. The van der Waals surface area contributed by atoms with E-state index in [0.29, 0.717) is 25.4 Å². The fourth-order valence-electron chi connectivity index (χ4n) is 3.45. The van der Waals surface area contributed by atoms with E-state index in [1.54, 1.807) is 0 Å². The minimum absolute atomic E-state index is 0.246. The summed E-state index contributed by atoms with van der Waals surface area (Å²) in [5.41, 5.74) is 3.07. The maximum atomic E-state index is 12.9. The standard InChI is InChI=1S/C17H26N2O2/c1-14(2)12-17(8-10-18-21)9-11-19(16(17)20)13-15-6-4-3-5-7-15/h3-7,14,18,21H,8-13H2,1-2H3. The number of hydroxylamine groups is 1. The number of benzene rings is 1. The molecule has 1 fully saturated rings. The molecule has 1 aromatic carbocycles. The number of likely N-dealkylation sites (tertiary alicyclic amines) is 1. The highest BCUT2D eigenvalue weighted by Crippen LogP contribution is 2.41. The van der Waals surface area contributed by atoms with Crippen LogP contribution in [-0.4, -0.2) is 29.1 Å². The summed E-state index contributed by atoms with van der Waals surface area (Å²) in [5, 5.41) is 8.89. The molecular weight excluding hydrogens is 264 g/mol. The summed E-state index contributed by atoms with van der Waals surface area (Å²) in [6.07, 6.45) is 2.48. The monoisotopic (exact) mass is 290 g/mol. The van der Waals surface area contributed by atoms with Crippen molar-refractivity contribution in [2.24, 2.45) is 11.3 Å². The average Bonchev–Trinajstić information content (AvgIpc) is 2.75. The number of hydrogen-bond donors (Lipinski definition) is 2. The van der Waals surface area contributed by atoms with Gasteiger partial charge in [0.1, 0.15) is 0 Å². The smallest absolute Gasteiger partial charge is 0.229 e. The molecule has 1 aliphatic rings. The van der Waals surface area contributed by atoms with E-state index in [1.165, 1.54) is 5.56 Å². The van der Waals surface area contributed by atoms with Crippen LogP contribution in [-0.2, 0) is 11.3 Å². The van der Waals surface area contributed by atoms with Gasteiger partial charge in [0.05, 0.1) is 5.41 Å². The van der Waals surface area contributed by atoms with Gasteiger partial charge in [0, 0.05) is 19.6 Å². The first-order valence-corrected chi connectivity index (χ1v) is 7.78. The van der Waals surface area contributed by atoms with Crippen LogP contribution in [0.2, 0.25) is 0 Å². The molecule has 0 saturated carbocycles. The molecule has 1 heterocycles. The lowest BCUT2D eigenvalue weighted by Crippen LogP contribution is -2.37. The van der Waals surface area contributed by atoms with E-state index in [1.807, 2.05) is 23.1 Å². The van der Waals surface area contributed by atoms with E-state index in [2.05, 4.69) is 31.5 Å². The zero-order chi connectivity index (χ0) is 15.3. The van der Waals surface area contributed by atoms with Crippen molar-refractivity contribution < 1.29 is 10.0 Å². The first-order chi connectivity index (χ1) is 10.1. The molecule has 4 heteroatoms. The van der Waals surface area contributed by atoms with E-state index in [-0.39, 0.29) is 11.3 Å². The maximum Gasteiger partial charge on any atom is 0.229 e. The van der Waals surface area contributed by atoms with Gasteiger partial charge in [-0.2, -0.15) is 0 Å². The summed E-state index contributed by atoms with van der Waals surface area (Å²) in [6.45, 7) is 6.28. The molecule has 1 saturated heterocycles. The predicted octanol–water partition coefficient (Wildman–Crippen LogP) is 2.82. The van der Waals surface area contributed by atoms with Crippen LogP contribution >= 0.6 is 0 Å². The van der Waals surface area contributed by atoms with Gasteiger partial charge < -0.3 is 10.1 Å². The summed E-state index contributed by atoms with van der Waals surface area (Å²) in [7, 11) is 0. The molecule has 0 aliphatic carbocycles. The van der Waals surface area contributed by atoms with Crippen molar-refractivity contribution in [2.45, 2.75) is 39.7 Å². The highest BCUT2D eigenvalue weighted by atomic mass is 16.5. The Bertz CT molecular complexity index is 461. The van der Waals surface area contributed by atoms with E-state index in [4.69, 9.17) is 5.21 Å². The van der Waals surface area contributed by atoms with Gasteiger partial charge in [-0.05, 0) is 30.7 Å². The largest absolute Gasteiger partial charge is 0.338 e. The Morgan fingerprint density at radius 2 is 2.05 bits per heavy atom. The molecule has 1 aromatic rings. The summed E-state index contributed by atoms with van der Waals surface area (Å²) < 4.78 is 0. The zero-order valence-electron chi connectivity index (χ0n) is 13.0. The van der Waals surface area contributed by atoms with Gasteiger partial charge >= 0.3 is 0 Å². The molecule has 116 valence electrons. The van der Waals surface area contributed by atoms with Gasteiger partial charge in [0.2, 0.25) is 5.91 Å². The normalized spacial score (nSPS) is 22.3. The number of carbonyl (C=O) groups excluding carboxylic acids is 1. The zero-order valence-corrected chi connectivity index (χ0v) is 13.0.